The van der Waals surface area contributed by atoms with Gasteiger partial charge in [0.05, 0.1) is 15.7 Å². The van der Waals surface area contributed by atoms with Gasteiger partial charge in [0.15, 0.2) is 11.6 Å². The van der Waals surface area contributed by atoms with E-state index in [9.17, 15) is 9.50 Å². The zero-order valence-corrected chi connectivity index (χ0v) is 10.8. The second-order valence-corrected chi connectivity index (χ2v) is 4.49. The highest BCUT2D eigenvalue weighted by molar-refractivity contribution is 6.43. The average Bonchev–Trinajstić information content (AvgIpc) is 2.36. The van der Waals surface area contributed by atoms with Crippen LogP contribution in [0.15, 0.2) is 36.4 Å². The molecule has 0 saturated carbocycles. The summed E-state index contributed by atoms with van der Waals surface area (Å²) in [5.41, 5.74) is 1.08. The van der Waals surface area contributed by atoms with E-state index in [0.29, 0.717) is 21.3 Å². The van der Waals surface area contributed by atoms with Crippen molar-refractivity contribution in [1.29, 1.82) is 0 Å². The number of phenols is 1. The summed E-state index contributed by atoms with van der Waals surface area (Å²) in [6, 6.07) is 9.54. The summed E-state index contributed by atoms with van der Waals surface area (Å²) < 4.78 is 13.1. The number of benzene rings is 2. The van der Waals surface area contributed by atoms with Gasteiger partial charge in [0.1, 0.15) is 0 Å². The van der Waals surface area contributed by atoms with Crippen molar-refractivity contribution in [2.75, 3.05) is 5.32 Å². The van der Waals surface area contributed by atoms with Crippen LogP contribution in [0.4, 0.5) is 10.1 Å². The molecule has 94 valence electrons. The summed E-state index contributed by atoms with van der Waals surface area (Å²) >= 11 is 11.9. The van der Waals surface area contributed by atoms with Gasteiger partial charge in [-0.2, -0.15) is 0 Å². The molecule has 0 aliphatic carbocycles. The van der Waals surface area contributed by atoms with Gasteiger partial charge in [-0.15, -0.1) is 0 Å². The van der Waals surface area contributed by atoms with E-state index in [0.717, 1.165) is 0 Å². The third-order valence-electron chi connectivity index (χ3n) is 2.49. The van der Waals surface area contributed by atoms with E-state index in [4.69, 9.17) is 23.2 Å². The molecule has 0 aromatic heterocycles. The number of hydrogen-bond acceptors (Lipinski definition) is 2. The number of rotatable bonds is 3. The van der Waals surface area contributed by atoms with Gasteiger partial charge < -0.3 is 10.4 Å². The molecule has 5 heteroatoms. The highest BCUT2D eigenvalue weighted by atomic mass is 35.5. The lowest BCUT2D eigenvalue weighted by molar-refractivity contribution is 0.427. The predicted molar refractivity (Wildman–Crippen MR) is 71.9 cm³/mol. The fraction of sp³-hybridized carbons (Fsp3) is 0.0769. The molecule has 18 heavy (non-hydrogen) atoms. The van der Waals surface area contributed by atoms with Gasteiger partial charge in [-0.05, 0) is 18.2 Å². The van der Waals surface area contributed by atoms with Crippen molar-refractivity contribution >= 4 is 28.9 Å². The summed E-state index contributed by atoms with van der Waals surface area (Å²) in [5.74, 6) is -1.00. The molecule has 0 heterocycles. The Balaban J connectivity index is 2.17. The first-order chi connectivity index (χ1) is 8.59. The summed E-state index contributed by atoms with van der Waals surface area (Å²) in [4.78, 5) is 0. The minimum absolute atomic E-state index is 0.254. The van der Waals surface area contributed by atoms with Gasteiger partial charge in [-0.1, -0.05) is 41.4 Å². The van der Waals surface area contributed by atoms with Gasteiger partial charge in [0, 0.05) is 12.1 Å². The SMILES string of the molecule is Oc1c(F)cccc1CNc1cccc(Cl)c1Cl. The Morgan fingerprint density at radius 1 is 1.11 bits per heavy atom. The molecule has 0 saturated heterocycles. The number of anilines is 1. The van der Waals surface area contributed by atoms with Gasteiger partial charge in [-0.3, -0.25) is 0 Å². The molecule has 0 amide bonds. The summed E-state index contributed by atoms with van der Waals surface area (Å²) in [7, 11) is 0. The second kappa shape index (κ2) is 5.46. The smallest absolute Gasteiger partial charge is 0.165 e. The quantitative estimate of drug-likeness (QED) is 0.873. The third kappa shape index (κ3) is 2.68. The number of phenolic OH excluding ortho intramolecular Hbond substituents is 1. The maximum absolute atomic E-state index is 13.1. The van der Waals surface area contributed by atoms with Crippen LogP contribution in [0.1, 0.15) is 5.56 Å². The molecule has 0 radical (unpaired) electrons. The standard InChI is InChI=1S/C13H10Cl2FNO/c14-9-4-2-6-11(12(9)15)17-7-8-3-1-5-10(16)13(8)18/h1-6,17-18H,7H2. The normalized spacial score (nSPS) is 10.4. The van der Waals surface area contributed by atoms with E-state index in [1.54, 1.807) is 24.3 Å². The van der Waals surface area contributed by atoms with Gasteiger partial charge in [0.2, 0.25) is 0 Å². The van der Waals surface area contributed by atoms with Crippen LogP contribution in [0.25, 0.3) is 0 Å². The molecule has 0 bridgehead atoms. The van der Waals surface area contributed by atoms with Crippen LogP contribution in [-0.2, 0) is 6.54 Å². The molecule has 0 spiro atoms. The second-order valence-electron chi connectivity index (χ2n) is 3.70. The molecule has 2 nitrogen and oxygen atoms in total. The molecular weight excluding hydrogens is 276 g/mol. The molecule has 0 aliphatic heterocycles. The molecular formula is C13H10Cl2FNO. The highest BCUT2D eigenvalue weighted by Gasteiger charge is 2.08. The van der Waals surface area contributed by atoms with Crippen LogP contribution < -0.4 is 5.32 Å². The van der Waals surface area contributed by atoms with E-state index in [2.05, 4.69) is 5.32 Å². The van der Waals surface area contributed by atoms with Crippen LogP contribution in [0, 0.1) is 5.82 Å². The topological polar surface area (TPSA) is 32.3 Å². The number of para-hydroxylation sites is 1. The monoisotopic (exact) mass is 285 g/mol. The minimum Gasteiger partial charge on any atom is -0.505 e. The van der Waals surface area contributed by atoms with Crippen molar-refractivity contribution in [3.8, 4) is 5.75 Å². The molecule has 0 atom stereocenters. The van der Waals surface area contributed by atoms with Crippen LogP contribution in [0.2, 0.25) is 10.0 Å². The van der Waals surface area contributed by atoms with E-state index < -0.39 is 5.82 Å². The molecule has 2 aromatic rings. The van der Waals surface area contributed by atoms with Crippen LogP contribution in [-0.4, -0.2) is 5.11 Å². The minimum atomic E-state index is -0.647. The number of halogens is 3. The van der Waals surface area contributed by atoms with E-state index in [1.165, 1.54) is 12.1 Å². The molecule has 2 rings (SSSR count). The largest absolute Gasteiger partial charge is 0.505 e. The van der Waals surface area contributed by atoms with Crippen molar-refractivity contribution < 1.29 is 9.50 Å². The fourth-order valence-electron chi connectivity index (χ4n) is 1.53. The highest BCUT2D eigenvalue weighted by Crippen LogP contribution is 2.30. The van der Waals surface area contributed by atoms with Gasteiger partial charge >= 0.3 is 0 Å². The van der Waals surface area contributed by atoms with Gasteiger partial charge in [-0.25, -0.2) is 4.39 Å². The Labute approximate surface area is 114 Å². The maximum Gasteiger partial charge on any atom is 0.165 e. The molecule has 2 aromatic carbocycles. The first-order valence-electron chi connectivity index (χ1n) is 5.24. The first kappa shape index (κ1) is 13.0. The Bertz CT molecular complexity index is 523. The van der Waals surface area contributed by atoms with Gasteiger partial charge in [0.25, 0.3) is 0 Å². The van der Waals surface area contributed by atoms with Crippen molar-refractivity contribution in [2.45, 2.75) is 6.54 Å². The average molecular weight is 286 g/mol. The Hall–Kier alpha value is -1.45. The van der Waals surface area contributed by atoms with Crippen molar-refractivity contribution in [3.63, 3.8) is 0 Å². The molecule has 0 aliphatic rings. The molecule has 2 N–H and O–H groups in total. The van der Waals surface area contributed by atoms with E-state index >= 15 is 0 Å². The Kier molecular flexibility index (Phi) is 3.94. The molecule has 0 fully saturated rings. The zero-order chi connectivity index (χ0) is 13.1. The van der Waals surface area contributed by atoms with Crippen LogP contribution in [0.5, 0.6) is 5.75 Å². The summed E-state index contributed by atoms with van der Waals surface area (Å²) in [6.45, 7) is 0.254. The van der Waals surface area contributed by atoms with E-state index in [1.807, 2.05) is 0 Å². The van der Waals surface area contributed by atoms with Crippen LogP contribution in [0.3, 0.4) is 0 Å². The maximum atomic E-state index is 13.1. The first-order valence-corrected chi connectivity index (χ1v) is 5.99. The van der Waals surface area contributed by atoms with Crippen molar-refractivity contribution in [3.05, 3.63) is 57.8 Å². The Morgan fingerprint density at radius 2 is 1.83 bits per heavy atom. The summed E-state index contributed by atoms with van der Waals surface area (Å²) in [5, 5.41) is 13.4. The number of nitrogens with one attached hydrogen (secondary N) is 1. The van der Waals surface area contributed by atoms with Crippen LogP contribution >= 0.6 is 23.2 Å². The van der Waals surface area contributed by atoms with Crippen molar-refractivity contribution in [2.24, 2.45) is 0 Å². The number of hydrogen-bond donors (Lipinski definition) is 2. The lowest BCUT2D eigenvalue weighted by Crippen LogP contribution is -2.01. The fourth-order valence-corrected chi connectivity index (χ4v) is 1.90. The van der Waals surface area contributed by atoms with Crippen molar-refractivity contribution in [1.82, 2.24) is 0 Å². The summed E-state index contributed by atoms with van der Waals surface area (Å²) in [6.07, 6.45) is 0. The number of aromatic hydroxyl groups is 1. The zero-order valence-electron chi connectivity index (χ0n) is 9.25. The lowest BCUT2D eigenvalue weighted by Gasteiger charge is -2.10. The molecule has 0 unspecified atom stereocenters. The third-order valence-corrected chi connectivity index (χ3v) is 3.31. The lowest BCUT2D eigenvalue weighted by atomic mass is 10.2. The predicted octanol–water partition coefficient (Wildman–Crippen LogP) is 4.45. The Morgan fingerprint density at radius 3 is 2.61 bits per heavy atom. The van der Waals surface area contributed by atoms with E-state index in [-0.39, 0.29) is 12.3 Å².